The van der Waals surface area contributed by atoms with Crippen molar-refractivity contribution in [3.8, 4) is 5.75 Å². The first-order chi connectivity index (χ1) is 8.43. The lowest BCUT2D eigenvalue weighted by Crippen LogP contribution is -2.35. The van der Waals surface area contributed by atoms with Gasteiger partial charge in [-0.3, -0.25) is 4.79 Å². The number of carbonyl (C=O) groups is 1. The molecule has 0 saturated heterocycles. The summed E-state index contributed by atoms with van der Waals surface area (Å²) >= 11 is 17.5. The Bertz CT molecular complexity index is 438. The van der Waals surface area contributed by atoms with Crippen LogP contribution in [-0.4, -0.2) is 18.6 Å². The van der Waals surface area contributed by atoms with Crippen LogP contribution in [0.15, 0.2) is 12.1 Å². The van der Waals surface area contributed by atoms with Gasteiger partial charge < -0.3 is 10.1 Å². The number of carbonyl (C=O) groups excluding carboxylic acids is 1. The summed E-state index contributed by atoms with van der Waals surface area (Å²) in [5.74, 6) is 0.136. The quantitative estimate of drug-likeness (QED) is 0.837. The lowest BCUT2D eigenvalue weighted by Gasteiger charge is -2.13. The molecule has 1 amide bonds. The van der Waals surface area contributed by atoms with E-state index < -0.39 is 0 Å². The van der Waals surface area contributed by atoms with Gasteiger partial charge in [-0.2, -0.15) is 0 Å². The molecular formula is C12H14Cl3NO2. The molecule has 0 unspecified atom stereocenters. The second-order valence-electron chi connectivity index (χ2n) is 3.86. The van der Waals surface area contributed by atoms with Crippen molar-refractivity contribution >= 4 is 40.7 Å². The summed E-state index contributed by atoms with van der Waals surface area (Å²) in [5, 5.41) is 3.78. The first kappa shape index (κ1) is 15.4. The van der Waals surface area contributed by atoms with E-state index in [1.807, 2.05) is 13.8 Å². The molecule has 1 N–H and O–H groups in total. The van der Waals surface area contributed by atoms with E-state index in [9.17, 15) is 4.79 Å². The van der Waals surface area contributed by atoms with Crippen LogP contribution in [0.25, 0.3) is 0 Å². The summed E-state index contributed by atoms with van der Waals surface area (Å²) < 4.78 is 5.29. The highest BCUT2D eigenvalue weighted by Gasteiger charge is 2.10. The third-order valence-corrected chi connectivity index (χ3v) is 3.37. The minimum atomic E-state index is -0.202. The van der Waals surface area contributed by atoms with Crippen molar-refractivity contribution in [2.75, 3.05) is 6.61 Å². The maximum atomic E-state index is 11.5. The van der Waals surface area contributed by atoms with Crippen molar-refractivity contribution < 1.29 is 9.53 Å². The Labute approximate surface area is 121 Å². The predicted octanol–water partition coefficient (Wildman–Crippen LogP) is 3.94. The maximum absolute atomic E-state index is 11.5. The van der Waals surface area contributed by atoms with Crippen molar-refractivity contribution in [3.05, 3.63) is 27.2 Å². The number of ether oxygens (including phenoxy) is 1. The normalized spacial score (nSPS) is 12.1. The highest BCUT2D eigenvalue weighted by atomic mass is 35.5. The second-order valence-corrected chi connectivity index (χ2v) is 5.08. The molecule has 0 fully saturated rings. The van der Waals surface area contributed by atoms with Crippen LogP contribution in [0, 0.1) is 0 Å². The Hall–Kier alpha value is -0.640. The van der Waals surface area contributed by atoms with Crippen LogP contribution in [0.1, 0.15) is 20.3 Å². The van der Waals surface area contributed by atoms with Crippen LogP contribution in [0.5, 0.6) is 5.75 Å². The molecule has 6 heteroatoms. The summed E-state index contributed by atoms with van der Waals surface area (Å²) in [5.41, 5.74) is 0. The van der Waals surface area contributed by atoms with Crippen LogP contribution in [0.3, 0.4) is 0 Å². The minimum Gasteiger partial charge on any atom is -0.482 e. The molecule has 3 nitrogen and oxygen atoms in total. The number of rotatable bonds is 5. The largest absolute Gasteiger partial charge is 0.482 e. The molecule has 0 heterocycles. The van der Waals surface area contributed by atoms with Crippen molar-refractivity contribution in [3.63, 3.8) is 0 Å². The molecule has 100 valence electrons. The Kier molecular flexibility index (Phi) is 6.06. The molecule has 1 rings (SSSR count). The van der Waals surface area contributed by atoms with Gasteiger partial charge in [-0.15, -0.1) is 0 Å². The van der Waals surface area contributed by atoms with E-state index in [0.717, 1.165) is 6.42 Å². The second kappa shape index (κ2) is 7.07. The lowest BCUT2D eigenvalue weighted by atomic mass is 10.2. The van der Waals surface area contributed by atoms with Gasteiger partial charge in [0.25, 0.3) is 5.91 Å². The molecule has 1 aromatic carbocycles. The lowest BCUT2D eigenvalue weighted by molar-refractivity contribution is -0.123. The fourth-order valence-electron chi connectivity index (χ4n) is 1.18. The number of amides is 1. The molecule has 0 saturated carbocycles. The highest BCUT2D eigenvalue weighted by molar-refractivity contribution is 6.43. The molecule has 0 radical (unpaired) electrons. The van der Waals surface area contributed by atoms with Gasteiger partial charge in [0, 0.05) is 12.1 Å². The van der Waals surface area contributed by atoms with Gasteiger partial charge in [-0.05, 0) is 19.4 Å². The van der Waals surface area contributed by atoms with Gasteiger partial charge in [0.1, 0.15) is 5.75 Å². The van der Waals surface area contributed by atoms with Crippen molar-refractivity contribution in [1.82, 2.24) is 5.32 Å². The summed E-state index contributed by atoms with van der Waals surface area (Å²) in [6, 6.07) is 3.08. The van der Waals surface area contributed by atoms with Crippen molar-refractivity contribution in [2.24, 2.45) is 0 Å². The fraction of sp³-hybridized carbons (Fsp3) is 0.417. The van der Waals surface area contributed by atoms with Crippen LogP contribution in [0.2, 0.25) is 15.1 Å². The maximum Gasteiger partial charge on any atom is 0.258 e. The van der Waals surface area contributed by atoms with Crippen molar-refractivity contribution in [2.45, 2.75) is 26.3 Å². The smallest absolute Gasteiger partial charge is 0.258 e. The molecule has 0 aliphatic rings. The Morgan fingerprint density at radius 1 is 1.28 bits per heavy atom. The van der Waals surface area contributed by atoms with Crippen LogP contribution >= 0.6 is 34.8 Å². The van der Waals surface area contributed by atoms with Gasteiger partial charge in [0.05, 0.1) is 15.1 Å². The van der Waals surface area contributed by atoms with E-state index >= 15 is 0 Å². The van der Waals surface area contributed by atoms with Gasteiger partial charge in [0.2, 0.25) is 0 Å². The van der Waals surface area contributed by atoms with Crippen molar-refractivity contribution in [1.29, 1.82) is 0 Å². The molecule has 18 heavy (non-hydrogen) atoms. The summed E-state index contributed by atoms with van der Waals surface area (Å²) in [6.07, 6.45) is 0.860. The number of benzene rings is 1. The average Bonchev–Trinajstić information content (AvgIpc) is 2.32. The third-order valence-electron chi connectivity index (χ3n) is 2.35. The van der Waals surface area contributed by atoms with Crippen LogP contribution in [-0.2, 0) is 4.79 Å². The monoisotopic (exact) mass is 309 g/mol. The predicted molar refractivity (Wildman–Crippen MR) is 74.9 cm³/mol. The number of halogens is 3. The molecule has 0 aliphatic carbocycles. The van der Waals surface area contributed by atoms with E-state index in [0.29, 0.717) is 20.8 Å². The standard InChI is InChI=1S/C12H14Cl3NO2/c1-3-7(2)16-12(17)6-18-11-5-9(14)8(13)4-10(11)15/h4-5,7H,3,6H2,1-2H3,(H,16,17)/t7-/m1/s1. The minimum absolute atomic E-state index is 0.109. The Morgan fingerprint density at radius 3 is 2.50 bits per heavy atom. The summed E-state index contributed by atoms with van der Waals surface area (Å²) in [6.45, 7) is 3.80. The molecule has 0 aromatic heterocycles. The first-order valence-electron chi connectivity index (χ1n) is 5.50. The Morgan fingerprint density at radius 2 is 1.89 bits per heavy atom. The van der Waals surface area contributed by atoms with E-state index in [1.54, 1.807) is 0 Å². The Balaban J connectivity index is 2.58. The number of hydrogen-bond donors (Lipinski definition) is 1. The van der Waals surface area contributed by atoms with Gasteiger partial charge in [0.15, 0.2) is 6.61 Å². The molecule has 0 spiro atoms. The van der Waals surface area contributed by atoms with Gasteiger partial charge in [-0.1, -0.05) is 41.7 Å². The number of hydrogen-bond acceptors (Lipinski definition) is 2. The summed E-state index contributed by atoms with van der Waals surface area (Å²) in [7, 11) is 0. The fourth-order valence-corrected chi connectivity index (χ4v) is 1.77. The van der Waals surface area contributed by atoms with E-state index in [-0.39, 0.29) is 18.6 Å². The molecule has 0 bridgehead atoms. The van der Waals surface area contributed by atoms with E-state index in [1.165, 1.54) is 12.1 Å². The third kappa shape index (κ3) is 4.56. The number of nitrogens with one attached hydrogen (secondary N) is 1. The van der Waals surface area contributed by atoms with Gasteiger partial charge >= 0.3 is 0 Å². The average molecular weight is 311 g/mol. The first-order valence-corrected chi connectivity index (χ1v) is 6.64. The zero-order valence-electron chi connectivity index (χ0n) is 10.1. The zero-order chi connectivity index (χ0) is 13.7. The van der Waals surface area contributed by atoms with Gasteiger partial charge in [-0.25, -0.2) is 0 Å². The SMILES string of the molecule is CC[C@@H](C)NC(=O)COc1cc(Cl)c(Cl)cc1Cl. The van der Waals surface area contributed by atoms with E-state index in [2.05, 4.69) is 5.32 Å². The van der Waals surface area contributed by atoms with Crippen LogP contribution in [0.4, 0.5) is 0 Å². The summed E-state index contributed by atoms with van der Waals surface area (Å²) in [4.78, 5) is 11.5. The topological polar surface area (TPSA) is 38.3 Å². The van der Waals surface area contributed by atoms with E-state index in [4.69, 9.17) is 39.5 Å². The molecule has 1 atom stereocenters. The molecule has 1 aromatic rings. The zero-order valence-corrected chi connectivity index (χ0v) is 12.4. The molecule has 0 aliphatic heterocycles. The van der Waals surface area contributed by atoms with Crippen LogP contribution < -0.4 is 10.1 Å². The molecular weight excluding hydrogens is 296 g/mol. The highest BCUT2D eigenvalue weighted by Crippen LogP contribution is 2.33.